The molecule has 1 aliphatic heterocycles. The minimum absolute atomic E-state index is 0.526. The fourth-order valence-corrected chi connectivity index (χ4v) is 2.83. The predicted molar refractivity (Wildman–Crippen MR) is 86.7 cm³/mol. The fourth-order valence-electron chi connectivity index (χ4n) is 2.83. The van der Waals surface area contributed by atoms with Gasteiger partial charge in [-0.15, -0.1) is 0 Å². The number of alkyl halides is 1. The summed E-state index contributed by atoms with van der Waals surface area (Å²) in [5, 5.41) is 3.35. The summed E-state index contributed by atoms with van der Waals surface area (Å²) in [5.74, 6) is 1.32. The number of ether oxygens (including phenoxy) is 2. The zero-order chi connectivity index (χ0) is 16.2. The third kappa shape index (κ3) is 4.11. The number of methoxy groups -OCH3 is 2. The summed E-state index contributed by atoms with van der Waals surface area (Å²) < 4.78 is 25.2. The van der Waals surface area contributed by atoms with Crippen LogP contribution in [0.4, 0.5) is 4.39 Å². The second-order valence-corrected chi connectivity index (χ2v) is 6.18. The van der Waals surface area contributed by atoms with Gasteiger partial charge in [0, 0.05) is 38.3 Å². The first kappa shape index (κ1) is 17.0. The van der Waals surface area contributed by atoms with Crippen molar-refractivity contribution in [3.8, 4) is 11.5 Å². The molecule has 22 heavy (non-hydrogen) atoms. The molecule has 0 amide bonds. The highest BCUT2D eigenvalue weighted by molar-refractivity contribution is 5.49. The standard InChI is InChI=1S/C17H27FN2O2/c1-17(2,18)14-12-15(21-3)13(11-16(14)22-4)5-8-20-9-6-19-7-10-20/h11-12,19H,5-10H2,1-4H3. The largest absolute Gasteiger partial charge is 0.496 e. The van der Waals surface area contributed by atoms with Gasteiger partial charge in [0.05, 0.1) is 14.2 Å². The molecular weight excluding hydrogens is 283 g/mol. The van der Waals surface area contributed by atoms with E-state index in [1.165, 1.54) is 13.8 Å². The number of nitrogens with zero attached hydrogens (tertiary/aromatic N) is 1. The Morgan fingerprint density at radius 1 is 1.14 bits per heavy atom. The molecule has 1 aromatic carbocycles. The van der Waals surface area contributed by atoms with Gasteiger partial charge in [-0.2, -0.15) is 0 Å². The summed E-state index contributed by atoms with van der Waals surface area (Å²) in [6.45, 7) is 8.24. The van der Waals surface area contributed by atoms with Crippen LogP contribution in [-0.4, -0.2) is 51.8 Å². The van der Waals surface area contributed by atoms with Gasteiger partial charge in [-0.1, -0.05) is 0 Å². The van der Waals surface area contributed by atoms with Crippen LogP contribution in [0.5, 0.6) is 11.5 Å². The molecule has 1 fully saturated rings. The van der Waals surface area contributed by atoms with Crippen LogP contribution < -0.4 is 14.8 Å². The van der Waals surface area contributed by atoms with Crippen molar-refractivity contribution in [3.63, 3.8) is 0 Å². The predicted octanol–water partition coefficient (Wildman–Crippen LogP) is 2.36. The average Bonchev–Trinajstić information content (AvgIpc) is 2.52. The van der Waals surface area contributed by atoms with Crippen molar-refractivity contribution in [3.05, 3.63) is 23.3 Å². The second kappa shape index (κ2) is 7.29. The van der Waals surface area contributed by atoms with Crippen molar-refractivity contribution in [1.82, 2.24) is 10.2 Å². The smallest absolute Gasteiger partial charge is 0.134 e. The van der Waals surface area contributed by atoms with Gasteiger partial charge in [0.2, 0.25) is 0 Å². The van der Waals surface area contributed by atoms with Crippen LogP contribution in [0.1, 0.15) is 25.0 Å². The summed E-state index contributed by atoms with van der Waals surface area (Å²) in [5.41, 5.74) is 0.124. The molecule has 124 valence electrons. The van der Waals surface area contributed by atoms with Gasteiger partial charge in [-0.05, 0) is 38.0 Å². The number of hydrogen-bond acceptors (Lipinski definition) is 4. The van der Waals surface area contributed by atoms with Crippen molar-refractivity contribution in [2.24, 2.45) is 0 Å². The Bertz CT molecular complexity index is 494. The first-order chi connectivity index (χ1) is 10.5. The molecular formula is C17H27FN2O2. The molecule has 1 saturated heterocycles. The van der Waals surface area contributed by atoms with Gasteiger partial charge in [-0.3, -0.25) is 0 Å². The lowest BCUT2D eigenvalue weighted by atomic mass is 9.96. The third-order valence-electron chi connectivity index (χ3n) is 4.15. The van der Waals surface area contributed by atoms with E-state index in [1.54, 1.807) is 20.3 Å². The summed E-state index contributed by atoms with van der Waals surface area (Å²) in [4.78, 5) is 2.43. The zero-order valence-corrected chi connectivity index (χ0v) is 14.0. The molecule has 0 aliphatic carbocycles. The van der Waals surface area contributed by atoms with Crippen LogP contribution >= 0.6 is 0 Å². The van der Waals surface area contributed by atoms with Gasteiger partial charge in [-0.25, -0.2) is 4.39 Å². The number of hydrogen-bond donors (Lipinski definition) is 1. The van der Waals surface area contributed by atoms with E-state index in [-0.39, 0.29) is 0 Å². The SMILES string of the molecule is COc1cc(C(C)(C)F)c(OC)cc1CCN1CCNCC1. The summed E-state index contributed by atoms with van der Waals surface area (Å²) in [7, 11) is 3.21. The Morgan fingerprint density at radius 2 is 1.77 bits per heavy atom. The molecule has 5 heteroatoms. The van der Waals surface area contributed by atoms with E-state index in [0.717, 1.165) is 50.5 Å². The van der Waals surface area contributed by atoms with Gasteiger partial charge >= 0.3 is 0 Å². The van der Waals surface area contributed by atoms with E-state index in [2.05, 4.69) is 10.2 Å². The van der Waals surface area contributed by atoms with E-state index >= 15 is 0 Å². The topological polar surface area (TPSA) is 33.7 Å². The number of halogens is 1. The molecule has 0 unspecified atom stereocenters. The van der Waals surface area contributed by atoms with Crippen LogP contribution in [-0.2, 0) is 12.1 Å². The number of nitrogens with one attached hydrogen (secondary N) is 1. The Hall–Kier alpha value is -1.33. The molecule has 0 aromatic heterocycles. The highest BCUT2D eigenvalue weighted by Crippen LogP contribution is 2.37. The van der Waals surface area contributed by atoms with Crippen LogP contribution in [0.3, 0.4) is 0 Å². The lowest BCUT2D eigenvalue weighted by molar-refractivity contribution is 0.212. The zero-order valence-electron chi connectivity index (χ0n) is 14.0. The molecule has 4 nitrogen and oxygen atoms in total. The highest BCUT2D eigenvalue weighted by atomic mass is 19.1. The first-order valence-electron chi connectivity index (χ1n) is 7.83. The van der Waals surface area contributed by atoms with E-state index in [0.29, 0.717) is 11.3 Å². The first-order valence-corrected chi connectivity index (χ1v) is 7.83. The maximum atomic E-state index is 14.3. The van der Waals surface area contributed by atoms with Crippen LogP contribution in [0, 0.1) is 0 Å². The van der Waals surface area contributed by atoms with E-state index in [4.69, 9.17) is 9.47 Å². The van der Waals surface area contributed by atoms with Crippen molar-refractivity contribution in [1.29, 1.82) is 0 Å². The van der Waals surface area contributed by atoms with Crippen LogP contribution in [0.2, 0.25) is 0 Å². The molecule has 0 atom stereocenters. The molecule has 1 heterocycles. The highest BCUT2D eigenvalue weighted by Gasteiger charge is 2.25. The summed E-state index contributed by atoms with van der Waals surface area (Å²) in [6, 6.07) is 3.68. The summed E-state index contributed by atoms with van der Waals surface area (Å²) >= 11 is 0. The van der Waals surface area contributed by atoms with E-state index < -0.39 is 5.67 Å². The molecule has 1 aromatic rings. The third-order valence-corrected chi connectivity index (χ3v) is 4.15. The minimum atomic E-state index is -1.46. The Labute approximate surface area is 132 Å². The van der Waals surface area contributed by atoms with E-state index in [1.807, 2.05) is 6.07 Å². The monoisotopic (exact) mass is 310 g/mol. The molecule has 2 rings (SSSR count). The molecule has 0 saturated carbocycles. The second-order valence-electron chi connectivity index (χ2n) is 6.18. The van der Waals surface area contributed by atoms with E-state index in [9.17, 15) is 4.39 Å². The van der Waals surface area contributed by atoms with Crippen molar-refractivity contribution in [2.45, 2.75) is 25.9 Å². The van der Waals surface area contributed by atoms with Crippen molar-refractivity contribution < 1.29 is 13.9 Å². The minimum Gasteiger partial charge on any atom is -0.496 e. The molecule has 1 aliphatic rings. The van der Waals surface area contributed by atoms with Crippen LogP contribution in [0.25, 0.3) is 0 Å². The molecule has 0 radical (unpaired) electrons. The molecule has 1 N–H and O–H groups in total. The lowest BCUT2D eigenvalue weighted by Crippen LogP contribution is -2.44. The Balaban J connectivity index is 2.19. The number of piperazine rings is 1. The van der Waals surface area contributed by atoms with Crippen molar-refractivity contribution >= 4 is 0 Å². The van der Waals surface area contributed by atoms with Gasteiger partial charge in [0.15, 0.2) is 0 Å². The Morgan fingerprint density at radius 3 is 2.32 bits per heavy atom. The van der Waals surface area contributed by atoms with Gasteiger partial charge in [0.1, 0.15) is 17.2 Å². The molecule has 0 bridgehead atoms. The Kier molecular flexibility index (Phi) is 5.64. The fraction of sp³-hybridized carbons (Fsp3) is 0.647. The average molecular weight is 310 g/mol. The quantitative estimate of drug-likeness (QED) is 0.874. The summed E-state index contributed by atoms with van der Waals surface area (Å²) in [6.07, 6.45) is 0.868. The number of rotatable bonds is 6. The van der Waals surface area contributed by atoms with Gasteiger partial charge < -0.3 is 19.7 Å². The number of benzene rings is 1. The van der Waals surface area contributed by atoms with Crippen LogP contribution in [0.15, 0.2) is 12.1 Å². The lowest BCUT2D eigenvalue weighted by Gasteiger charge is -2.27. The van der Waals surface area contributed by atoms with Crippen molar-refractivity contribution in [2.75, 3.05) is 46.9 Å². The van der Waals surface area contributed by atoms with Gasteiger partial charge in [0.25, 0.3) is 0 Å². The normalized spacial score (nSPS) is 16.6. The maximum Gasteiger partial charge on any atom is 0.134 e. The molecule has 0 spiro atoms. The maximum absolute atomic E-state index is 14.3.